The second-order valence-corrected chi connectivity index (χ2v) is 5.87. The first-order valence-corrected chi connectivity index (χ1v) is 7.84. The van der Waals surface area contributed by atoms with E-state index in [1.807, 2.05) is 48.0 Å². The maximum atomic E-state index is 12.2. The Kier molecular flexibility index (Phi) is 3.53. The van der Waals surface area contributed by atoms with Gasteiger partial charge in [-0.3, -0.25) is 4.79 Å². The maximum absolute atomic E-state index is 12.2. The largest absolute Gasteiger partial charge is 0.321 e. The van der Waals surface area contributed by atoms with Gasteiger partial charge in [-0.05, 0) is 66.6 Å². The van der Waals surface area contributed by atoms with Crippen molar-refractivity contribution in [3.8, 4) is 11.4 Å². The highest BCUT2D eigenvalue weighted by Gasteiger charge is 2.28. The number of nitrogens with zero attached hydrogens (tertiary/aromatic N) is 5. The van der Waals surface area contributed by atoms with Crippen LogP contribution in [-0.4, -0.2) is 31.1 Å². The fraction of sp³-hybridized carbons (Fsp3) is 0.235. The number of anilines is 1. The predicted octanol–water partition coefficient (Wildman–Crippen LogP) is 2.63. The number of carbonyl (C=O) groups excluding carboxylic acids is 1. The quantitative estimate of drug-likeness (QED) is 0.798. The summed E-state index contributed by atoms with van der Waals surface area (Å²) in [6.07, 6.45) is 2.24. The summed E-state index contributed by atoms with van der Waals surface area (Å²) in [5.41, 5.74) is 2.85. The van der Waals surface area contributed by atoms with Gasteiger partial charge in [0, 0.05) is 16.9 Å². The number of aromatic nitrogens is 5. The van der Waals surface area contributed by atoms with Crippen LogP contribution in [0.15, 0.2) is 42.5 Å². The van der Waals surface area contributed by atoms with Gasteiger partial charge < -0.3 is 5.32 Å². The molecule has 0 saturated heterocycles. The van der Waals surface area contributed by atoms with Gasteiger partial charge in [-0.2, -0.15) is 0 Å². The summed E-state index contributed by atoms with van der Waals surface area (Å²) in [5, 5.41) is 14.8. The lowest BCUT2D eigenvalue weighted by molar-refractivity contribution is 0.102. The van der Waals surface area contributed by atoms with Crippen molar-refractivity contribution < 1.29 is 4.79 Å². The first-order chi connectivity index (χ1) is 11.7. The lowest BCUT2D eigenvalue weighted by Crippen LogP contribution is -2.13. The van der Waals surface area contributed by atoms with Gasteiger partial charge in [0.25, 0.3) is 5.91 Å². The van der Waals surface area contributed by atoms with E-state index < -0.39 is 0 Å². The molecule has 2 heterocycles. The summed E-state index contributed by atoms with van der Waals surface area (Å²) >= 11 is 0. The van der Waals surface area contributed by atoms with Gasteiger partial charge in [0.2, 0.25) is 0 Å². The van der Waals surface area contributed by atoms with E-state index in [-0.39, 0.29) is 5.91 Å². The molecule has 0 unspecified atom stereocenters. The third-order valence-electron chi connectivity index (χ3n) is 3.91. The van der Waals surface area contributed by atoms with E-state index in [4.69, 9.17) is 0 Å². The Bertz CT molecular complexity index is 882. The zero-order chi connectivity index (χ0) is 16.5. The van der Waals surface area contributed by atoms with Crippen molar-refractivity contribution >= 4 is 11.6 Å². The minimum absolute atomic E-state index is 0.228. The molecule has 1 saturated carbocycles. The molecule has 1 aliphatic carbocycles. The van der Waals surface area contributed by atoms with Crippen LogP contribution >= 0.6 is 0 Å². The second-order valence-electron chi connectivity index (χ2n) is 5.87. The summed E-state index contributed by atoms with van der Waals surface area (Å²) in [6, 6.07) is 13.3. The molecule has 1 fully saturated rings. The Morgan fingerprint density at radius 3 is 2.67 bits per heavy atom. The number of pyridine rings is 1. The van der Waals surface area contributed by atoms with Crippen LogP contribution < -0.4 is 5.32 Å². The Morgan fingerprint density at radius 2 is 1.96 bits per heavy atom. The highest BCUT2D eigenvalue weighted by Crippen LogP contribution is 2.36. The highest BCUT2D eigenvalue weighted by molar-refractivity contribution is 6.02. The minimum atomic E-state index is -0.228. The summed E-state index contributed by atoms with van der Waals surface area (Å²) in [6.45, 7) is 1.86. The van der Waals surface area contributed by atoms with E-state index in [0.717, 1.165) is 29.9 Å². The van der Waals surface area contributed by atoms with Gasteiger partial charge in [0.1, 0.15) is 5.69 Å². The molecule has 0 bridgehead atoms. The van der Waals surface area contributed by atoms with E-state index in [1.54, 1.807) is 6.07 Å². The van der Waals surface area contributed by atoms with E-state index in [9.17, 15) is 4.79 Å². The molecule has 3 aromatic rings. The number of tetrazole rings is 1. The SMILES string of the molecule is Cc1cccc(C(=O)Nc2ccc(-c3nnnn3C3CC3)cc2)n1. The molecule has 0 atom stereocenters. The van der Waals surface area contributed by atoms with Crippen molar-refractivity contribution in [3.63, 3.8) is 0 Å². The molecule has 7 heteroatoms. The average molecular weight is 320 g/mol. The molecule has 0 radical (unpaired) electrons. The van der Waals surface area contributed by atoms with Crippen LogP contribution in [0, 0.1) is 6.92 Å². The number of nitrogens with one attached hydrogen (secondary N) is 1. The van der Waals surface area contributed by atoms with E-state index in [1.165, 1.54) is 0 Å². The number of hydrogen-bond acceptors (Lipinski definition) is 5. The summed E-state index contributed by atoms with van der Waals surface area (Å²) in [4.78, 5) is 16.4. The van der Waals surface area contributed by atoms with Crippen LogP contribution in [0.3, 0.4) is 0 Å². The third kappa shape index (κ3) is 2.88. The number of benzene rings is 1. The Morgan fingerprint density at radius 1 is 1.17 bits per heavy atom. The molecular weight excluding hydrogens is 304 g/mol. The van der Waals surface area contributed by atoms with Gasteiger partial charge in [-0.25, -0.2) is 9.67 Å². The molecular formula is C17H16N6O. The Balaban J connectivity index is 1.51. The Labute approximate surface area is 138 Å². The number of aryl methyl sites for hydroxylation is 1. The first kappa shape index (κ1) is 14.5. The molecule has 0 aliphatic heterocycles. The van der Waals surface area contributed by atoms with Crippen molar-refractivity contribution in [2.45, 2.75) is 25.8 Å². The molecule has 1 N–H and O–H groups in total. The van der Waals surface area contributed by atoms with E-state index >= 15 is 0 Å². The fourth-order valence-corrected chi connectivity index (χ4v) is 2.52. The molecule has 0 spiro atoms. The van der Waals surface area contributed by atoms with Gasteiger partial charge in [-0.15, -0.1) is 5.10 Å². The molecule has 1 aliphatic rings. The van der Waals surface area contributed by atoms with Gasteiger partial charge in [0.15, 0.2) is 5.82 Å². The van der Waals surface area contributed by atoms with Crippen LogP contribution in [0.5, 0.6) is 0 Å². The average Bonchev–Trinajstić information content (AvgIpc) is 3.32. The number of carbonyl (C=O) groups is 1. The van der Waals surface area contributed by atoms with Crippen molar-refractivity contribution in [2.24, 2.45) is 0 Å². The summed E-state index contributed by atoms with van der Waals surface area (Å²) in [5.74, 6) is 0.532. The van der Waals surface area contributed by atoms with Crippen molar-refractivity contribution in [3.05, 3.63) is 53.9 Å². The van der Waals surface area contributed by atoms with Gasteiger partial charge in [-0.1, -0.05) is 6.07 Å². The first-order valence-electron chi connectivity index (χ1n) is 7.84. The Hall–Kier alpha value is -3.09. The molecule has 1 amide bonds. The number of amides is 1. The molecule has 1 aromatic carbocycles. The summed E-state index contributed by atoms with van der Waals surface area (Å²) < 4.78 is 1.87. The zero-order valence-electron chi connectivity index (χ0n) is 13.2. The van der Waals surface area contributed by atoms with Crippen molar-refractivity contribution in [1.29, 1.82) is 0 Å². The van der Waals surface area contributed by atoms with Crippen LogP contribution in [0.2, 0.25) is 0 Å². The van der Waals surface area contributed by atoms with Gasteiger partial charge in [0.05, 0.1) is 6.04 Å². The third-order valence-corrected chi connectivity index (χ3v) is 3.91. The van der Waals surface area contributed by atoms with Crippen molar-refractivity contribution in [2.75, 3.05) is 5.32 Å². The van der Waals surface area contributed by atoms with Crippen LogP contribution in [0.1, 0.15) is 35.1 Å². The van der Waals surface area contributed by atoms with Crippen LogP contribution in [-0.2, 0) is 0 Å². The fourth-order valence-electron chi connectivity index (χ4n) is 2.52. The number of hydrogen-bond donors (Lipinski definition) is 1. The molecule has 2 aromatic heterocycles. The smallest absolute Gasteiger partial charge is 0.274 e. The minimum Gasteiger partial charge on any atom is -0.321 e. The van der Waals surface area contributed by atoms with Crippen LogP contribution in [0.25, 0.3) is 11.4 Å². The topological polar surface area (TPSA) is 85.6 Å². The van der Waals surface area contributed by atoms with E-state index in [2.05, 4.69) is 25.8 Å². The lowest BCUT2D eigenvalue weighted by Gasteiger charge is -2.07. The van der Waals surface area contributed by atoms with Gasteiger partial charge >= 0.3 is 0 Å². The van der Waals surface area contributed by atoms with Crippen LogP contribution in [0.4, 0.5) is 5.69 Å². The zero-order valence-corrected chi connectivity index (χ0v) is 13.2. The van der Waals surface area contributed by atoms with E-state index in [0.29, 0.717) is 17.4 Å². The normalized spacial score (nSPS) is 13.7. The number of rotatable bonds is 4. The van der Waals surface area contributed by atoms with Crippen molar-refractivity contribution in [1.82, 2.24) is 25.2 Å². The molecule has 4 rings (SSSR count). The predicted molar refractivity (Wildman–Crippen MR) is 88.5 cm³/mol. The standard InChI is InChI=1S/C17H16N6O/c1-11-3-2-4-15(18-11)17(24)19-13-7-5-12(6-8-13)16-20-21-22-23(16)14-9-10-14/h2-8,14H,9-10H2,1H3,(H,19,24). The molecule has 120 valence electrons. The maximum Gasteiger partial charge on any atom is 0.274 e. The highest BCUT2D eigenvalue weighted by atomic mass is 16.1. The summed E-state index contributed by atoms with van der Waals surface area (Å²) in [7, 11) is 0. The second kappa shape index (κ2) is 5.84. The monoisotopic (exact) mass is 320 g/mol. The molecule has 7 nitrogen and oxygen atoms in total. The lowest BCUT2D eigenvalue weighted by atomic mass is 10.2. The molecule has 24 heavy (non-hydrogen) atoms.